The van der Waals surface area contributed by atoms with E-state index in [1.54, 1.807) is 11.3 Å². The summed E-state index contributed by atoms with van der Waals surface area (Å²) in [6.45, 7) is 2.25. The highest BCUT2D eigenvalue weighted by atomic mass is 32.1. The van der Waals surface area contributed by atoms with Gasteiger partial charge in [0.05, 0.1) is 10.9 Å². The fourth-order valence-corrected chi connectivity index (χ4v) is 5.49. The second-order valence-electron chi connectivity index (χ2n) is 7.71. The lowest BCUT2D eigenvalue weighted by atomic mass is 9.94. The topological polar surface area (TPSA) is 53.5 Å². The molecule has 3 aliphatic rings. The summed E-state index contributed by atoms with van der Waals surface area (Å²) in [6, 6.07) is 0.384. The number of amides is 2. The van der Waals surface area contributed by atoms with Crippen LogP contribution in [-0.4, -0.2) is 52.3 Å². The first kappa shape index (κ1) is 17.0. The molecule has 136 valence electrons. The summed E-state index contributed by atoms with van der Waals surface area (Å²) < 4.78 is 0. The highest BCUT2D eigenvalue weighted by Gasteiger charge is 2.40. The van der Waals surface area contributed by atoms with Gasteiger partial charge in [0.1, 0.15) is 0 Å². The maximum Gasteiger partial charge on any atom is 0.227 e. The van der Waals surface area contributed by atoms with Crippen molar-refractivity contribution >= 4 is 23.2 Å². The largest absolute Gasteiger partial charge is 0.342 e. The van der Waals surface area contributed by atoms with E-state index in [1.165, 1.54) is 24.3 Å². The molecule has 0 bridgehead atoms. The van der Waals surface area contributed by atoms with Gasteiger partial charge in [-0.15, -0.1) is 11.3 Å². The van der Waals surface area contributed by atoms with Crippen LogP contribution in [0.5, 0.6) is 0 Å². The number of hydrogen-bond donors (Lipinski definition) is 0. The van der Waals surface area contributed by atoms with E-state index in [1.807, 2.05) is 21.4 Å². The summed E-state index contributed by atoms with van der Waals surface area (Å²) in [6.07, 6.45) is 10.2. The van der Waals surface area contributed by atoms with Gasteiger partial charge in [0.25, 0.3) is 0 Å². The molecule has 6 heteroatoms. The first-order valence-electron chi connectivity index (χ1n) is 9.70. The van der Waals surface area contributed by atoms with Gasteiger partial charge >= 0.3 is 0 Å². The van der Waals surface area contributed by atoms with Crippen molar-refractivity contribution in [3.8, 4) is 0 Å². The number of likely N-dealkylation sites (tertiary alicyclic amines) is 2. The second-order valence-corrected chi connectivity index (χ2v) is 8.64. The van der Waals surface area contributed by atoms with Gasteiger partial charge in [-0.25, -0.2) is 4.98 Å². The zero-order valence-electron chi connectivity index (χ0n) is 14.7. The smallest absolute Gasteiger partial charge is 0.227 e. The standard InChI is InChI=1S/C19H27N3O2S/c23-17-12-15(13-22(17)16-4-2-1-3-5-16)19(24)21-9-6-14(7-10-21)18-20-8-11-25-18/h8,11,14-16H,1-7,9-10,12-13H2. The van der Waals surface area contributed by atoms with Gasteiger partial charge in [-0.1, -0.05) is 19.3 Å². The minimum Gasteiger partial charge on any atom is -0.342 e. The van der Waals surface area contributed by atoms with Crippen LogP contribution in [0.2, 0.25) is 0 Å². The van der Waals surface area contributed by atoms with Crippen LogP contribution < -0.4 is 0 Å². The second kappa shape index (κ2) is 7.44. The van der Waals surface area contributed by atoms with E-state index in [-0.39, 0.29) is 17.7 Å². The normalized spacial score (nSPS) is 26.4. The van der Waals surface area contributed by atoms with Gasteiger partial charge in [0.15, 0.2) is 0 Å². The van der Waals surface area contributed by atoms with Crippen LogP contribution in [0.15, 0.2) is 11.6 Å². The van der Waals surface area contributed by atoms with Gasteiger partial charge in [-0.3, -0.25) is 9.59 Å². The Hall–Kier alpha value is -1.43. The molecule has 2 amide bonds. The molecule has 1 atom stereocenters. The van der Waals surface area contributed by atoms with Crippen LogP contribution in [0.25, 0.3) is 0 Å². The molecule has 3 heterocycles. The van der Waals surface area contributed by atoms with E-state index in [9.17, 15) is 9.59 Å². The van der Waals surface area contributed by atoms with Crippen molar-refractivity contribution in [2.45, 2.75) is 63.3 Å². The minimum atomic E-state index is -0.120. The Labute approximate surface area is 153 Å². The molecule has 0 aromatic carbocycles. The first-order valence-corrected chi connectivity index (χ1v) is 10.6. The van der Waals surface area contributed by atoms with Crippen LogP contribution >= 0.6 is 11.3 Å². The molecule has 0 spiro atoms. The Balaban J connectivity index is 1.32. The number of nitrogens with zero attached hydrogens (tertiary/aromatic N) is 3. The fourth-order valence-electron chi connectivity index (χ4n) is 4.68. The molecule has 2 saturated heterocycles. The van der Waals surface area contributed by atoms with Crippen LogP contribution in [0.3, 0.4) is 0 Å². The third kappa shape index (κ3) is 3.59. The van der Waals surface area contributed by atoms with Crippen LogP contribution in [0.4, 0.5) is 0 Å². The molecular weight excluding hydrogens is 334 g/mol. The van der Waals surface area contributed by atoms with Crippen LogP contribution in [0, 0.1) is 5.92 Å². The lowest BCUT2D eigenvalue weighted by molar-refractivity contribution is -0.136. The van der Waals surface area contributed by atoms with Crippen molar-refractivity contribution in [1.29, 1.82) is 0 Å². The Morgan fingerprint density at radius 1 is 1.12 bits per heavy atom. The number of carbonyl (C=O) groups excluding carboxylic acids is 2. The predicted octanol–water partition coefficient (Wildman–Crippen LogP) is 3.03. The Kier molecular flexibility index (Phi) is 5.06. The van der Waals surface area contributed by atoms with Crippen LogP contribution in [-0.2, 0) is 9.59 Å². The summed E-state index contributed by atoms with van der Waals surface area (Å²) in [5, 5.41) is 3.23. The SMILES string of the molecule is O=C(C1CC(=O)N(C2CCCCC2)C1)N1CCC(c2nccs2)CC1. The molecule has 1 unspecified atom stereocenters. The summed E-state index contributed by atoms with van der Waals surface area (Å²) in [7, 11) is 0. The molecule has 1 aliphatic carbocycles. The number of carbonyl (C=O) groups is 2. The quantitative estimate of drug-likeness (QED) is 0.831. The molecule has 1 aromatic rings. The predicted molar refractivity (Wildman–Crippen MR) is 97.4 cm³/mol. The maximum atomic E-state index is 12.9. The van der Waals surface area contributed by atoms with E-state index in [2.05, 4.69) is 4.98 Å². The molecule has 1 saturated carbocycles. The van der Waals surface area contributed by atoms with E-state index in [4.69, 9.17) is 0 Å². The molecule has 0 radical (unpaired) electrons. The molecule has 0 N–H and O–H groups in total. The Bertz CT molecular complexity index is 604. The number of aromatic nitrogens is 1. The highest BCUT2D eigenvalue weighted by Crippen LogP contribution is 2.32. The van der Waals surface area contributed by atoms with Gasteiger partial charge < -0.3 is 9.80 Å². The van der Waals surface area contributed by atoms with Crippen molar-refractivity contribution in [3.63, 3.8) is 0 Å². The lowest BCUT2D eigenvalue weighted by Gasteiger charge is -2.34. The van der Waals surface area contributed by atoms with Crippen molar-refractivity contribution < 1.29 is 9.59 Å². The molecule has 3 fully saturated rings. The van der Waals surface area contributed by atoms with E-state index >= 15 is 0 Å². The zero-order chi connectivity index (χ0) is 17.2. The first-order chi connectivity index (χ1) is 12.2. The monoisotopic (exact) mass is 361 g/mol. The van der Waals surface area contributed by atoms with Crippen molar-refractivity contribution in [3.05, 3.63) is 16.6 Å². The molecule has 5 nitrogen and oxygen atoms in total. The Morgan fingerprint density at radius 2 is 1.88 bits per heavy atom. The van der Waals surface area contributed by atoms with Crippen LogP contribution in [0.1, 0.15) is 62.3 Å². The third-order valence-electron chi connectivity index (χ3n) is 6.13. The Morgan fingerprint density at radius 3 is 2.56 bits per heavy atom. The number of hydrogen-bond acceptors (Lipinski definition) is 4. The van der Waals surface area contributed by atoms with Gasteiger partial charge in [-0.2, -0.15) is 0 Å². The zero-order valence-corrected chi connectivity index (χ0v) is 15.5. The van der Waals surface area contributed by atoms with Gasteiger partial charge in [-0.05, 0) is 25.7 Å². The van der Waals surface area contributed by atoms with E-state index in [0.29, 0.717) is 24.9 Å². The van der Waals surface area contributed by atoms with E-state index in [0.717, 1.165) is 38.8 Å². The van der Waals surface area contributed by atoms with Gasteiger partial charge in [0, 0.05) is 49.6 Å². The number of piperidine rings is 1. The fraction of sp³-hybridized carbons (Fsp3) is 0.737. The summed E-state index contributed by atoms with van der Waals surface area (Å²) in [5.74, 6) is 0.769. The molecule has 25 heavy (non-hydrogen) atoms. The maximum absolute atomic E-state index is 12.9. The summed E-state index contributed by atoms with van der Waals surface area (Å²) in [4.78, 5) is 33.8. The number of rotatable bonds is 3. The minimum absolute atomic E-state index is 0.120. The van der Waals surface area contributed by atoms with Crippen molar-refractivity contribution in [2.24, 2.45) is 5.92 Å². The van der Waals surface area contributed by atoms with Crippen molar-refractivity contribution in [1.82, 2.24) is 14.8 Å². The number of thiazole rings is 1. The molecule has 4 rings (SSSR count). The lowest BCUT2D eigenvalue weighted by Crippen LogP contribution is -2.43. The average Bonchev–Trinajstić information content (AvgIpc) is 3.32. The third-order valence-corrected chi connectivity index (χ3v) is 7.07. The average molecular weight is 362 g/mol. The molecular formula is C19H27N3O2S. The van der Waals surface area contributed by atoms with Crippen molar-refractivity contribution in [2.75, 3.05) is 19.6 Å². The molecule has 1 aromatic heterocycles. The van der Waals surface area contributed by atoms with Gasteiger partial charge in [0.2, 0.25) is 11.8 Å². The summed E-state index contributed by atoms with van der Waals surface area (Å²) in [5.41, 5.74) is 0. The highest BCUT2D eigenvalue weighted by molar-refractivity contribution is 7.09. The van der Waals surface area contributed by atoms with E-state index < -0.39 is 0 Å². The molecule has 2 aliphatic heterocycles. The summed E-state index contributed by atoms with van der Waals surface area (Å²) >= 11 is 1.71.